The fourth-order valence-corrected chi connectivity index (χ4v) is 4.83. The summed E-state index contributed by atoms with van der Waals surface area (Å²) in [6.07, 6.45) is 7.79. The third kappa shape index (κ3) is 5.13. The van der Waals surface area contributed by atoms with E-state index in [1.165, 1.54) is 50.7 Å². The Labute approximate surface area is 163 Å². The number of hydrogen-bond acceptors (Lipinski definition) is 3. The predicted molar refractivity (Wildman–Crippen MR) is 108 cm³/mol. The number of carbonyl (C=O) groups is 1. The fourth-order valence-electron chi connectivity index (χ4n) is 3.41. The van der Waals surface area contributed by atoms with Gasteiger partial charge in [0.1, 0.15) is 5.82 Å². The zero-order valence-electron chi connectivity index (χ0n) is 15.0. The molecule has 1 heterocycles. The van der Waals surface area contributed by atoms with Crippen molar-refractivity contribution in [3.63, 3.8) is 0 Å². The van der Waals surface area contributed by atoms with Gasteiger partial charge in [0.15, 0.2) is 5.17 Å². The molecule has 4 nitrogen and oxygen atoms in total. The van der Waals surface area contributed by atoms with E-state index in [4.69, 9.17) is 16.6 Å². The third-order valence-electron chi connectivity index (χ3n) is 5.00. The SMILES string of the molecule is CN1C(=NC2CCCCCC2)SCC1CC(=O)Nc1ccc(Cl)cc1F. The summed E-state index contributed by atoms with van der Waals surface area (Å²) in [4.78, 5) is 19.4. The molecule has 1 unspecified atom stereocenters. The minimum Gasteiger partial charge on any atom is -0.350 e. The summed E-state index contributed by atoms with van der Waals surface area (Å²) >= 11 is 7.46. The van der Waals surface area contributed by atoms with Crippen LogP contribution in [0.25, 0.3) is 0 Å². The van der Waals surface area contributed by atoms with E-state index in [2.05, 4.69) is 10.2 Å². The normalized spacial score (nSPS) is 23.3. The van der Waals surface area contributed by atoms with Gasteiger partial charge in [-0.15, -0.1) is 0 Å². The lowest BCUT2D eigenvalue weighted by molar-refractivity contribution is -0.116. The lowest BCUT2D eigenvalue weighted by Gasteiger charge is -2.21. The monoisotopic (exact) mass is 397 g/mol. The number of thioether (sulfide) groups is 1. The first kappa shape index (κ1) is 19.5. The van der Waals surface area contributed by atoms with Gasteiger partial charge in [0, 0.05) is 30.3 Å². The van der Waals surface area contributed by atoms with E-state index in [0.29, 0.717) is 17.5 Å². The lowest BCUT2D eigenvalue weighted by Crippen LogP contribution is -2.34. The van der Waals surface area contributed by atoms with Crippen LogP contribution in [0.1, 0.15) is 44.9 Å². The van der Waals surface area contributed by atoms with Crippen molar-refractivity contribution in [1.29, 1.82) is 0 Å². The average Bonchev–Trinajstić information content (AvgIpc) is 2.80. The van der Waals surface area contributed by atoms with Crippen molar-refractivity contribution in [1.82, 2.24) is 4.90 Å². The Bertz CT molecular complexity index is 677. The van der Waals surface area contributed by atoms with Crippen molar-refractivity contribution in [3.8, 4) is 0 Å². The number of nitrogens with one attached hydrogen (secondary N) is 1. The largest absolute Gasteiger partial charge is 0.350 e. The minimum atomic E-state index is -0.518. The molecule has 7 heteroatoms. The molecule has 0 spiro atoms. The standard InChI is InChI=1S/C19H25ClFN3OS/c1-24-15(11-18(25)23-17-9-8-13(20)10-16(17)21)12-26-19(24)22-14-6-4-2-3-5-7-14/h8-10,14-15H,2-7,11-12H2,1H3,(H,23,25). The molecule has 1 N–H and O–H groups in total. The molecule has 1 aromatic rings. The van der Waals surface area contributed by atoms with Crippen molar-refractivity contribution >= 4 is 40.1 Å². The molecule has 0 aromatic heterocycles. The summed E-state index contributed by atoms with van der Waals surface area (Å²) in [7, 11) is 2.00. The molecule has 1 saturated heterocycles. The van der Waals surface area contributed by atoms with Crippen LogP contribution in [0.15, 0.2) is 23.2 Å². The predicted octanol–water partition coefficient (Wildman–Crippen LogP) is 4.93. The van der Waals surface area contributed by atoms with Gasteiger partial charge in [-0.2, -0.15) is 0 Å². The molecular weight excluding hydrogens is 373 g/mol. The highest BCUT2D eigenvalue weighted by atomic mass is 35.5. The van der Waals surface area contributed by atoms with Crippen molar-refractivity contribution in [2.75, 3.05) is 18.1 Å². The molecule has 2 aliphatic rings. The number of aliphatic imine (C=N–C) groups is 1. The molecule has 1 amide bonds. The van der Waals surface area contributed by atoms with Gasteiger partial charge < -0.3 is 10.2 Å². The zero-order chi connectivity index (χ0) is 18.5. The van der Waals surface area contributed by atoms with Crippen LogP contribution in [0.2, 0.25) is 5.02 Å². The summed E-state index contributed by atoms with van der Waals surface area (Å²) in [6, 6.07) is 4.75. The van der Waals surface area contributed by atoms with E-state index in [9.17, 15) is 9.18 Å². The smallest absolute Gasteiger partial charge is 0.226 e. The Kier molecular flexibility index (Phi) is 6.81. The fraction of sp³-hybridized carbons (Fsp3) is 0.579. The Morgan fingerprint density at radius 2 is 2.08 bits per heavy atom. The first-order chi connectivity index (χ1) is 12.5. The molecule has 1 saturated carbocycles. The maximum Gasteiger partial charge on any atom is 0.226 e. The molecule has 0 bridgehead atoms. The molecule has 2 fully saturated rings. The Morgan fingerprint density at radius 3 is 2.77 bits per heavy atom. The molecule has 0 radical (unpaired) electrons. The van der Waals surface area contributed by atoms with E-state index in [1.54, 1.807) is 17.8 Å². The Balaban J connectivity index is 1.56. The quantitative estimate of drug-likeness (QED) is 0.732. The van der Waals surface area contributed by atoms with E-state index in [1.807, 2.05) is 7.05 Å². The average molecular weight is 398 g/mol. The van der Waals surface area contributed by atoms with Crippen LogP contribution in [0.5, 0.6) is 0 Å². The first-order valence-electron chi connectivity index (χ1n) is 9.21. The van der Waals surface area contributed by atoms with E-state index in [0.717, 1.165) is 10.9 Å². The van der Waals surface area contributed by atoms with Crippen molar-refractivity contribution in [2.24, 2.45) is 4.99 Å². The van der Waals surface area contributed by atoms with Crippen LogP contribution < -0.4 is 5.32 Å². The van der Waals surface area contributed by atoms with Crippen molar-refractivity contribution < 1.29 is 9.18 Å². The van der Waals surface area contributed by atoms with Gasteiger partial charge in [-0.1, -0.05) is 49.0 Å². The third-order valence-corrected chi connectivity index (χ3v) is 6.44. The number of amidine groups is 1. The van der Waals surface area contributed by atoms with E-state index in [-0.39, 0.29) is 17.6 Å². The van der Waals surface area contributed by atoms with Gasteiger partial charge in [-0.3, -0.25) is 9.79 Å². The highest BCUT2D eigenvalue weighted by Gasteiger charge is 2.30. The van der Waals surface area contributed by atoms with Crippen LogP contribution in [0.4, 0.5) is 10.1 Å². The van der Waals surface area contributed by atoms with Crippen molar-refractivity contribution in [2.45, 2.75) is 57.0 Å². The van der Waals surface area contributed by atoms with E-state index >= 15 is 0 Å². The number of amides is 1. The van der Waals surface area contributed by atoms with Crippen LogP contribution in [0.3, 0.4) is 0 Å². The highest BCUT2D eigenvalue weighted by Crippen LogP contribution is 2.28. The number of hydrogen-bond donors (Lipinski definition) is 1. The first-order valence-corrected chi connectivity index (χ1v) is 10.6. The maximum absolute atomic E-state index is 13.8. The number of benzene rings is 1. The van der Waals surface area contributed by atoms with Crippen LogP contribution in [-0.2, 0) is 4.79 Å². The minimum absolute atomic E-state index is 0.0832. The van der Waals surface area contributed by atoms with Gasteiger partial charge in [0.05, 0.1) is 11.7 Å². The van der Waals surface area contributed by atoms with E-state index < -0.39 is 5.82 Å². The van der Waals surface area contributed by atoms with Crippen LogP contribution in [0, 0.1) is 5.82 Å². The van der Waals surface area contributed by atoms with Gasteiger partial charge in [0.2, 0.25) is 5.91 Å². The number of halogens is 2. The Morgan fingerprint density at radius 1 is 1.35 bits per heavy atom. The maximum atomic E-state index is 13.8. The molecule has 1 atom stereocenters. The summed E-state index contributed by atoms with van der Waals surface area (Å²) < 4.78 is 13.8. The van der Waals surface area contributed by atoms with Crippen molar-refractivity contribution in [3.05, 3.63) is 29.0 Å². The number of rotatable bonds is 4. The topological polar surface area (TPSA) is 44.7 Å². The molecule has 142 valence electrons. The molecule has 1 aliphatic heterocycles. The highest BCUT2D eigenvalue weighted by molar-refractivity contribution is 8.14. The zero-order valence-corrected chi connectivity index (χ0v) is 16.6. The second-order valence-electron chi connectivity index (χ2n) is 7.01. The molecule has 1 aliphatic carbocycles. The van der Waals surface area contributed by atoms with Gasteiger partial charge in [0.25, 0.3) is 0 Å². The molecule has 26 heavy (non-hydrogen) atoms. The summed E-state index contributed by atoms with van der Waals surface area (Å²) in [5.74, 6) is 0.119. The van der Waals surface area contributed by atoms with Crippen LogP contribution in [-0.4, -0.2) is 40.9 Å². The Hall–Kier alpha value is -1.27. The second kappa shape index (κ2) is 9.09. The van der Waals surface area contributed by atoms with Crippen LogP contribution >= 0.6 is 23.4 Å². The lowest BCUT2D eigenvalue weighted by atomic mass is 10.1. The summed E-state index contributed by atoms with van der Waals surface area (Å²) in [6.45, 7) is 0. The summed E-state index contributed by atoms with van der Waals surface area (Å²) in [5.41, 5.74) is 0.167. The molecular formula is C19H25ClFN3OS. The van der Waals surface area contributed by atoms with Gasteiger partial charge in [-0.25, -0.2) is 4.39 Å². The van der Waals surface area contributed by atoms with Gasteiger partial charge >= 0.3 is 0 Å². The summed E-state index contributed by atoms with van der Waals surface area (Å²) in [5, 5.41) is 3.99. The number of carbonyl (C=O) groups excluding carboxylic acids is 1. The molecule has 3 rings (SSSR count). The second-order valence-corrected chi connectivity index (χ2v) is 8.43. The van der Waals surface area contributed by atoms with Gasteiger partial charge in [-0.05, 0) is 31.0 Å². The molecule has 1 aromatic carbocycles. The number of anilines is 1. The number of nitrogens with zero attached hydrogens (tertiary/aromatic N) is 2.